The maximum absolute atomic E-state index is 12.4. The highest BCUT2D eigenvalue weighted by atomic mass is 32.2. The molecule has 0 aromatic carbocycles. The molecule has 0 unspecified atom stereocenters. The van der Waals surface area contributed by atoms with Crippen molar-refractivity contribution in [3.8, 4) is 0 Å². The average Bonchev–Trinajstić information content (AvgIpc) is 2.64. The van der Waals surface area contributed by atoms with E-state index in [1.54, 1.807) is 4.68 Å². The molecule has 1 amide bonds. The fraction of sp³-hybridized carbons (Fsp3) is 0.714. The van der Waals surface area contributed by atoms with E-state index < -0.39 is 10.0 Å². The maximum Gasteiger partial charge on any atom is 0.227 e. The van der Waals surface area contributed by atoms with Crippen molar-refractivity contribution in [1.29, 1.82) is 0 Å². The largest absolute Gasteiger partial charge is 0.342 e. The smallest absolute Gasteiger partial charge is 0.227 e. The Hall–Kier alpha value is -1.41. The van der Waals surface area contributed by atoms with Crippen LogP contribution in [0.2, 0.25) is 0 Å². The molecule has 1 aliphatic rings. The molecule has 1 N–H and O–H groups in total. The van der Waals surface area contributed by atoms with E-state index in [1.165, 1.54) is 6.26 Å². The Kier molecular flexibility index (Phi) is 4.91. The molecule has 2 heterocycles. The minimum absolute atomic E-state index is 0.0686. The number of likely N-dealkylation sites (tertiary alicyclic amines) is 1. The lowest BCUT2D eigenvalue weighted by atomic mass is 10.0. The molecule has 1 aromatic heterocycles. The van der Waals surface area contributed by atoms with Crippen LogP contribution >= 0.6 is 0 Å². The van der Waals surface area contributed by atoms with Gasteiger partial charge < -0.3 is 4.90 Å². The summed E-state index contributed by atoms with van der Waals surface area (Å²) < 4.78 is 26.9. The summed E-state index contributed by atoms with van der Waals surface area (Å²) in [6.07, 6.45) is 2.84. The summed E-state index contributed by atoms with van der Waals surface area (Å²) in [7, 11) is -1.31. The van der Waals surface area contributed by atoms with Crippen molar-refractivity contribution < 1.29 is 13.2 Å². The van der Waals surface area contributed by atoms with E-state index in [1.807, 2.05) is 25.8 Å². The zero-order chi connectivity index (χ0) is 16.5. The molecule has 2 rings (SSSR count). The van der Waals surface area contributed by atoms with E-state index in [0.29, 0.717) is 32.4 Å². The first kappa shape index (κ1) is 17.0. The third kappa shape index (κ3) is 4.07. The summed E-state index contributed by atoms with van der Waals surface area (Å²) in [5.74, 6) is 0.0806. The molecule has 7 nitrogen and oxygen atoms in total. The number of nitrogens with one attached hydrogen (secondary N) is 1. The van der Waals surface area contributed by atoms with Gasteiger partial charge in [0.25, 0.3) is 0 Å². The first-order chi connectivity index (χ1) is 10.2. The predicted octanol–water partition coefficient (Wildman–Crippen LogP) is 0.120. The summed E-state index contributed by atoms with van der Waals surface area (Å²) >= 11 is 0. The highest BCUT2D eigenvalue weighted by Crippen LogP contribution is 2.16. The molecule has 0 aliphatic carbocycles. The Bertz CT molecular complexity index is 658. The van der Waals surface area contributed by atoms with Crippen molar-refractivity contribution in [2.24, 2.45) is 7.05 Å². The second kappa shape index (κ2) is 6.37. The highest BCUT2D eigenvalue weighted by Gasteiger charge is 2.25. The van der Waals surface area contributed by atoms with Crippen molar-refractivity contribution in [3.05, 3.63) is 17.0 Å². The van der Waals surface area contributed by atoms with Gasteiger partial charge >= 0.3 is 0 Å². The lowest BCUT2D eigenvalue weighted by molar-refractivity contribution is -0.131. The Morgan fingerprint density at radius 2 is 1.91 bits per heavy atom. The Morgan fingerprint density at radius 1 is 1.32 bits per heavy atom. The van der Waals surface area contributed by atoms with Gasteiger partial charge in [0.2, 0.25) is 15.9 Å². The quantitative estimate of drug-likeness (QED) is 0.851. The van der Waals surface area contributed by atoms with Gasteiger partial charge in [0, 0.05) is 37.4 Å². The zero-order valence-electron chi connectivity index (χ0n) is 13.6. The van der Waals surface area contributed by atoms with Gasteiger partial charge in [0.1, 0.15) is 0 Å². The first-order valence-corrected chi connectivity index (χ1v) is 9.30. The topological polar surface area (TPSA) is 84.3 Å². The van der Waals surface area contributed by atoms with Crippen LogP contribution in [0, 0.1) is 13.8 Å². The lowest BCUT2D eigenvalue weighted by Crippen LogP contribution is -2.46. The van der Waals surface area contributed by atoms with Crippen LogP contribution in [0.1, 0.15) is 29.8 Å². The number of aryl methyl sites for hydroxylation is 2. The van der Waals surface area contributed by atoms with Crippen molar-refractivity contribution >= 4 is 15.9 Å². The highest BCUT2D eigenvalue weighted by molar-refractivity contribution is 7.88. The van der Waals surface area contributed by atoms with Crippen molar-refractivity contribution in [1.82, 2.24) is 19.4 Å². The van der Waals surface area contributed by atoms with Gasteiger partial charge in [-0.15, -0.1) is 0 Å². The average molecular weight is 328 g/mol. The Balaban J connectivity index is 1.93. The SMILES string of the molecule is Cc1nn(C)c(C)c1CC(=O)N1CCC(NS(C)(=O)=O)CC1. The third-order valence-electron chi connectivity index (χ3n) is 4.22. The van der Waals surface area contributed by atoms with Crippen LogP contribution in [-0.2, 0) is 28.3 Å². The molecule has 1 saturated heterocycles. The second-order valence-electron chi connectivity index (χ2n) is 5.99. The van der Waals surface area contributed by atoms with Crippen LogP contribution in [0.3, 0.4) is 0 Å². The molecule has 124 valence electrons. The Morgan fingerprint density at radius 3 is 2.36 bits per heavy atom. The van der Waals surface area contributed by atoms with Gasteiger partial charge in [-0.2, -0.15) is 5.10 Å². The number of carbonyl (C=O) groups excluding carboxylic acids is 1. The van der Waals surface area contributed by atoms with Crippen molar-refractivity contribution in [2.45, 2.75) is 39.2 Å². The molecule has 0 saturated carbocycles. The number of piperidine rings is 1. The number of hydrogen-bond acceptors (Lipinski definition) is 4. The standard InChI is InChI=1S/C14H24N4O3S/c1-10-13(11(2)17(3)15-10)9-14(19)18-7-5-12(6-8-18)16-22(4,20)21/h12,16H,5-9H2,1-4H3. The molecule has 8 heteroatoms. The monoisotopic (exact) mass is 328 g/mol. The van der Waals surface area contributed by atoms with E-state index in [9.17, 15) is 13.2 Å². The Labute approximate surface area is 131 Å². The summed E-state index contributed by atoms with van der Waals surface area (Å²) in [5.41, 5.74) is 2.89. The predicted molar refractivity (Wildman–Crippen MR) is 84.0 cm³/mol. The number of nitrogens with zero attached hydrogens (tertiary/aromatic N) is 3. The number of rotatable bonds is 4. The van der Waals surface area contributed by atoms with Crippen LogP contribution in [0.25, 0.3) is 0 Å². The van der Waals surface area contributed by atoms with Gasteiger partial charge in [0.05, 0.1) is 18.4 Å². The van der Waals surface area contributed by atoms with Crippen LogP contribution < -0.4 is 4.72 Å². The van der Waals surface area contributed by atoms with E-state index in [0.717, 1.165) is 17.0 Å². The number of sulfonamides is 1. The van der Waals surface area contributed by atoms with Gasteiger partial charge in [0.15, 0.2) is 0 Å². The van der Waals surface area contributed by atoms with Gasteiger partial charge in [-0.25, -0.2) is 13.1 Å². The lowest BCUT2D eigenvalue weighted by Gasteiger charge is -2.32. The molecule has 1 aromatic rings. The summed E-state index contributed by atoms with van der Waals surface area (Å²) in [6, 6.07) is -0.0686. The first-order valence-electron chi connectivity index (χ1n) is 7.41. The van der Waals surface area contributed by atoms with Gasteiger partial charge in [-0.3, -0.25) is 9.48 Å². The number of aromatic nitrogens is 2. The summed E-state index contributed by atoms with van der Waals surface area (Å²) in [6.45, 7) is 5.05. The number of carbonyl (C=O) groups is 1. The van der Waals surface area contributed by atoms with Crippen LogP contribution in [0.5, 0.6) is 0 Å². The van der Waals surface area contributed by atoms with E-state index >= 15 is 0 Å². The van der Waals surface area contributed by atoms with Crippen LogP contribution in [0.15, 0.2) is 0 Å². The van der Waals surface area contributed by atoms with Crippen LogP contribution in [-0.4, -0.2) is 54.4 Å². The van der Waals surface area contributed by atoms with E-state index in [2.05, 4.69) is 9.82 Å². The van der Waals surface area contributed by atoms with Gasteiger partial charge in [-0.1, -0.05) is 0 Å². The molecule has 1 aliphatic heterocycles. The molecule has 0 radical (unpaired) electrons. The molecule has 0 atom stereocenters. The van der Waals surface area contributed by atoms with Crippen molar-refractivity contribution in [3.63, 3.8) is 0 Å². The molecule has 0 spiro atoms. The van der Waals surface area contributed by atoms with Crippen LogP contribution in [0.4, 0.5) is 0 Å². The molecule has 1 fully saturated rings. The fourth-order valence-corrected chi connectivity index (χ4v) is 3.73. The summed E-state index contributed by atoms with van der Waals surface area (Å²) in [4.78, 5) is 14.2. The third-order valence-corrected chi connectivity index (χ3v) is 4.98. The summed E-state index contributed by atoms with van der Waals surface area (Å²) in [5, 5.41) is 4.33. The minimum atomic E-state index is -3.18. The maximum atomic E-state index is 12.4. The fourth-order valence-electron chi connectivity index (χ4n) is 2.89. The number of hydrogen-bond donors (Lipinski definition) is 1. The second-order valence-corrected chi connectivity index (χ2v) is 7.77. The zero-order valence-corrected chi connectivity index (χ0v) is 14.4. The molecular formula is C14H24N4O3S. The van der Waals surface area contributed by atoms with E-state index in [-0.39, 0.29) is 11.9 Å². The minimum Gasteiger partial charge on any atom is -0.342 e. The normalized spacial score (nSPS) is 17.0. The van der Waals surface area contributed by atoms with Gasteiger partial charge in [-0.05, 0) is 26.7 Å². The molecule has 22 heavy (non-hydrogen) atoms. The number of amides is 1. The molecular weight excluding hydrogens is 304 g/mol. The van der Waals surface area contributed by atoms with E-state index in [4.69, 9.17) is 0 Å². The molecule has 0 bridgehead atoms. The van der Waals surface area contributed by atoms with Crippen molar-refractivity contribution in [2.75, 3.05) is 19.3 Å².